The highest BCUT2D eigenvalue weighted by Gasteiger charge is 1.98. The zero-order chi connectivity index (χ0) is 7.28. The van der Waals surface area contributed by atoms with E-state index in [1.807, 2.05) is 13.0 Å². The van der Waals surface area contributed by atoms with E-state index in [1.54, 1.807) is 11.9 Å². The van der Waals surface area contributed by atoms with Crippen LogP contribution in [0.5, 0.6) is 0 Å². The lowest BCUT2D eigenvalue weighted by Crippen LogP contribution is -2.17. The summed E-state index contributed by atoms with van der Waals surface area (Å²) in [5.41, 5.74) is 0. The van der Waals surface area contributed by atoms with Crippen molar-refractivity contribution in [3.63, 3.8) is 0 Å². The molecular weight excluding hydrogens is 130 g/mol. The van der Waals surface area contributed by atoms with Crippen LogP contribution < -0.4 is 0 Å². The van der Waals surface area contributed by atoms with Crippen molar-refractivity contribution in [1.29, 1.82) is 0 Å². The molecule has 2 heteroatoms. The Morgan fingerprint density at radius 3 is 2.33 bits per heavy atom. The van der Waals surface area contributed by atoms with Crippen LogP contribution >= 0.6 is 11.9 Å². The van der Waals surface area contributed by atoms with Crippen molar-refractivity contribution in [3.8, 4) is 0 Å². The third-order valence-electron chi connectivity index (χ3n) is 1.09. The van der Waals surface area contributed by atoms with E-state index in [0.717, 1.165) is 0 Å². The Bertz CT molecular complexity index is 88.9. The van der Waals surface area contributed by atoms with Crippen molar-refractivity contribution in [2.75, 3.05) is 7.05 Å². The Hall–Kier alpha value is 0.0500. The van der Waals surface area contributed by atoms with E-state index in [9.17, 15) is 0 Å². The molecule has 0 aromatic carbocycles. The largest absolute Gasteiger partial charge is 0.247 e. The fourth-order valence-corrected chi connectivity index (χ4v) is 0.836. The molecule has 0 fully saturated rings. The maximum absolute atomic E-state index is 2.21. The van der Waals surface area contributed by atoms with Gasteiger partial charge in [-0.15, -0.1) is 0 Å². The smallest absolute Gasteiger partial charge is 0.0146 e. The van der Waals surface area contributed by atoms with Gasteiger partial charge in [0.25, 0.3) is 0 Å². The van der Waals surface area contributed by atoms with Crippen molar-refractivity contribution >= 4 is 11.9 Å². The molecule has 0 aliphatic carbocycles. The molecule has 0 aliphatic heterocycles. The predicted molar refractivity (Wildman–Crippen MR) is 45.3 cm³/mol. The molecule has 0 heterocycles. The third-order valence-corrected chi connectivity index (χ3v) is 2.24. The molecule has 0 aromatic heterocycles. The standard InChI is InChI=1S/C7H15NS/c1-5-6-9-8(4)7(2)3/h5-7H,1-4H3. The van der Waals surface area contributed by atoms with Gasteiger partial charge in [-0.1, -0.05) is 18.0 Å². The maximum Gasteiger partial charge on any atom is 0.0146 e. The first-order chi connectivity index (χ1) is 4.18. The highest BCUT2D eigenvalue weighted by atomic mass is 32.2. The van der Waals surface area contributed by atoms with Gasteiger partial charge in [-0.25, -0.2) is 4.31 Å². The number of hydrogen-bond acceptors (Lipinski definition) is 2. The highest BCUT2D eigenvalue weighted by Crippen LogP contribution is 2.11. The van der Waals surface area contributed by atoms with E-state index in [2.05, 4.69) is 30.6 Å². The molecule has 54 valence electrons. The van der Waals surface area contributed by atoms with Crippen LogP contribution in [0.3, 0.4) is 0 Å². The Balaban J connectivity index is 3.38. The van der Waals surface area contributed by atoms with Gasteiger partial charge < -0.3 is 0 Å². The Labute approximate surface area is 62.3 Å². The van der Waals surface area contributed by atoms with Crippen LogP contribution in [0.1, 0.15) is 20.8 Å². The summed E-state index contributed by atoms with van der Waals surface area (Å²) in [7, 11) is 2.09. The fraction of sp³-hybridized carbons (Fsp3) is 0.714. The lowest BCUT2D eigenvalue weighted by atomic mass is 10.4. The topological polar surface area (TPSA) is 3.24 Å². The van der Waals surface area contributed by atoms with Crippen molar-refractivity contribution in [1.82, 2.24) is 4.31 Å². The summed E-state index contributed by atoms with van der Waals surface area (Å²) in [6.45, 7) is 6.38. The summed E-state index contributed by atoms with van der Waals surface area (Å²) in [4.78, 5) is 0. The first kappa shape index (κ1) is 9.05. The maximum atomic E-state index is 2.21. The fourth-order valence-electron chi connectivity index (χ4n) is 0.279. The second-order valence-electron chi connectivity index (χ2n) is 2.21. The lowest BCUT2D eigenvalue weighted by molar-refractivity contribution is 0.471. The third kappa shape index (κ3) is 4.55. The van der Waals surface area contributed by atoms with Crippen molar-refractivity contribution in [2.24, 2.45) is 0 Å². The summed E-state index contributed by atoms with van der Waals surface area (Å²) in [5, 5.41) is 2.08. The predicted octanol–water partition coefficient (Wildman–Crippen LogP) is 2.51. The van der Waals surface area contributed by atoms with Gasteiger partial charge in [-0.05, 0) is 33.2 Å². The van der Waals surface area contributed by atoms with Gasteiger partial charge in [-0.2, -0.15) is 0 Å². The number of rotatable bonds is 3. The van der Waals surface area contributed by atoms with Crippen LogP contribution in [-0.2, 0) is 0 Å². The molecule has 0 aliphatic rings. The van der Waals surface area contributed by atoms with Crippen LogP contribution in [0, 0.1) is 0 Å². The SMILES string of the molecule is CC=CSN(C)C(C)C. The van der Waals surface area contributed by atoms with Crippen LogP contribution in [0.25, 0.3) is 0 Å². The summed E-state index contributed by atoms with van der Waals surface area (Å²) in [5.74, 6) is 0. The quantitative estimate of drug-likeness (QED) is 0.561. The van der Waals surface area contributed by atoms with Crippen molar-refractivity contribution in [3.05, 3.63) is 11.5 Å². The van der Waals surface area contributed by atoms with E-state index in [4.69, 9.17) is 0 Å². The van der Waals surface area contributed by atoms with Crippen LogP contribution in [-0.4, -0.2) is 17.4 Å². The minimum absolute atomic E-state index is 0.617. The normalized spacial score (nSPS) is 12.2. The molecule has 0 aromatic rings. The molecule has 0 N–H and O–H groups in total. The number of allylic oxidation sites excluding steroid dienone is 1. The van der Waals surface area contributed by atoms with Gasteiger partial charge in [0.2, 0.25) is 0 Å². The second-order valence-corrected chi connectivity index (χ2v) is 3.27. The van der Waals surface area contributed by atoms with E-state index in [-0.39, 0.29) is 0 Å². The number of nitrogens with zero attached hydrogens (tertiary/aromatic N) is 1. The molecule has 9 heavy (non-hydrogen) atoms. The summed E-state index contributed by atoms with van der Waals surface area (Å²) in [6.07, 6.45) is 2.05. The van der Waals surface area contributed by atoms with Gasteiger partial charge in [0.15, 0.2) is 0 Å². The van der Waals surface area contributed by atoms with Gasteiger partial charge >= 0.3 is 0 Å². The summed E-state index contributed by atoms with van der Waals surface area (Å²) < 4.78 is 2.21. The molecule has 0 atom stereocenters. The molecule has 0 bridgehead atoms. The van der Waals surface area contributed by atoms with Crippen molar-refractivity contribution < 1.29 is 0 Å². The Morgan fingerprint density at radius 2 is 2.00 bits per heavy atom. The van der Waals surface area contributed by atoms with Gasteiger partial charge in [-0.3, -0.25) is 0 Å². The van der Waals surface area contributed by atoms with E-state index < -0.39 is 0 Å². The molecular formula is C7H15NS. The second kappa shape index (κ2) is 4.89. The monoisotopic (exact) mass is 145 g/mol. The lowest BCUT2D eigenvalue weighted by Gasteiger charge is -2.16. The average molecular weight is 145 g/mol. The van der Waals surface area contributed by atoms with Crippen LogP contribution in [0.15, 0.2) is 11.5 Å². The molecule has 0 saturated carbocycles. The van der Waals surface area contributed by atoms with Gasteiger partial charge in [0.05, 0.1) is 0 Å². The minimum atomic E-state index is 0.617. The van der Waals surface area contributed by atoms with E-state index in [1.165, 1.54) is 0 Å². The molecule has 0 unspecified atom stereocenters. The van der Waals surface area contributed by atoms with Gasteiger partial charge in [0, 0.05) is 6.04 Å². The van der Waals surface area contributed by atoms with Crippen molar-refractivity contribution in [2.45, 2.75) is 26.8 Å². The zero-order valence-corrected chi connectivity index (χ0v) is 7.40. The molecule has 1 nitrogen and oxygen atoms in total. The first-order valence-corrected chi connectivity index (χ1v) is 4.03. The van der Waals surface area contributed by atoms with E-state index in [0.29, 0.717) is 6.04 Å². The van der Waals surface area contributed by atoms with Crippen LogP contribution in [0.4, 0.5) is 0 Å². The Morgan fingerprint density at radius 1 is 1.44 bits per heavy atom. The Kier molecular flexibility index (Phi) is 4.91. The van der Waals surface area contributed by atoms with Crippen LogP contribution in [0.2, 0.25) is 0 Å². The molecule has 0 saturated heterocycles. The highest BCUT2D eigenvalue weighted by molar-refractivity contribution is 7.99. The van der Waals surface area contributed by atoms with E-state index >= 15 is 0 Å². The molecule has 0 spiro atoms. The summed E-state index contributed by atoms with van der Waals surface area (Å²) in [6, 6.07) is 0.617. The minimum Gasteiger partial charge on any atom is -0.247 e. The molecule has 0 radical (unpaired) electrons. The zero-order valence-electron chi connectivity index (χ0n) is 6.59. The molecule has 0 rings (SSSR count). The first-order valence-electron chi connectivity index (χ1n) is 3.19. The summed E-state index contributed by atoms with van der Waals surface area (Å²) >= 11 is 1.74. The number of hydrogen-bond donors (Lipinski definition) is 0. The van der Waals surface area contributed by atoms with Gasteiger partial charge in [0.1, 0.15) is 0 Å². The molecule has 0 amide bonds. The average Bonchev–Trinajstić information content (AvgIpc) is 1.82.